The predicted molar refractivity (Wildman–Crippen MR) is 78.1 cm³/mol. The van der Waals surface area contributed by atoms with E-state index in [0.29, 0.717) is 42.6 Å². The third-order valence-corrected chi connectivity index (χ3v) is 3.78. The fraction of sp³-hybridized carbons (Fsp3) is 0.467. The van der Waals surface area contributed by atoms with Crippen molar-refractivity contribution in [3.63, 3.8) is 0 Å². The molecule has 1 aliphatic rings. The lowest BCUT2D eigenvalue weighted by Crippen LogP contribution is -2.50. The Balaban J connectivity index is 1.76. The molecule has 3 rings (SSSR count). The molecule has 0 spiro atoms. The van der Waals surface area contributed by atoms with Crippen molar-refractivity contribution < 1.29 is 9.63 Å². The van der Waals surface area contributed by atoms with E-state index in [1.165, 1.54) is 0 Å². The minimum atomic E-state index is -0.929. The highest BCUT2D eigenvalue weighted by molar-refractivity contribution is 5.42. The summed E-state index contributed by atoms with van der Waals surface area (Å²) in [6.45, 7) is 2.98. The minimum absolute atomic E-state index is 0.322. The van der Waals surface area contributed by atoms with Crippen LogP contribution in [0.3, 0.4) is 0 Å². The predicted octanol–water partition coefficient (Wildman–Crippen LogP) is 1.22. The van der Waals surface area contributed by atoms with E-state index >= 15 is 0 Å². The molecule has 1 aliphatic heterocycles. The highest BCUT2D eigenvalue weighted by atomic mass is 16.5. The first-order valence-corrected chi connectivity index (χ1v) is 7.22. The van der Waals surface area contributed by atoms with Gasteiger partial charge in [0.2, 0.25) is 5.89 Å². The number of pyridine rings is 1. The molecular formula is C15H17N5O2. The number of piperidine rings is 1. The Bertz CT molecular complexity index is 708. The summed E-state index contributed by atoms with van der Waals surface area (Å²) in [5.74, 6) is 1.72. The fourth-order valence-electron chi connectivity index (χ4n) is 2.81. The largest absolute Gasteiger partial charge is 0.388 e. The average molecular weight is 299 g/mol. The quantitative estimate of drug-likeness (QED) is 0.909. The SMILES string of the molecule is Cc1noc(CC2(O)CCCN(c3cccc(C#N)n3)C2)n1. The molecule has 2 aromatic rings. The van der Waals surface area contributed by atoms with Crippen LogP contribution in [0, 0.1) is 18.3 Å². The van der Waals surface area contributed by atoms with Crippen LogP contribution in [0.1, 0.15) is 30.3 Å². The lowest BCUT2D eigenvalue weighted by Gasteiger charge is -2.39. The van der Waals surface area contributed by atoms with E-state index in [1.54, 1.807) is 19.1 Å². The first kappa shape index (κ1) is 14.5. The van der Waals surface area contributed by atoms with Crippen LogP contribution in [-0.4, -0.2) is 38.9 Å². The van der Waals surface area contributed by atoms with Crippen molar-refractivity contribution in [2.24, 2.45) is 0 Å². The van der Waals surface area contributed by atoms with Crippen LogP contribution in [0.4, 0.5) is 5.82 Å². The molecule has 0 bridgehead atoms. The maximum atomic E-state index is 10.8. The van der Waals surface area contributed by atoms with E-state index < -0.39 is 5.60 Å². The van der Waals surface area contributed by atoms with E-state index in [0.717, 1.165) is 13.0 Å². The van der Waals surface area contributed by atoms with Gasteiger partial charge in [-0.05, 0) is 31.9 Å². The van der Waals surface area contributed by atoms with Crippen molar-refractivity contribution in [2.45, 2.75) is 31.8 Å². The molecule has 2 aromatic heterocycles. The number of hydrogen-bond acceptors (Lipinski definition) is 7. The maximum absolute atomic E-state index is 10.8. The Hall–Kier alpha value is -2.46. The van der Waals surface area contributed by atoms with Gasteiger partial charge >= 0.3 is 0 Å². The molecule has 1 fully saturated rings. The highest BCUT2D eigenvalue weighted by Crippen LogP contribution is 2.27. The summed E-state index contributed by atoms with van der Waals surface area (Å²) in [6, 6.07) is 7.36. The Morgan fingerprint density at radius 2 is 2.32 bits per heavy atom. The van der Waals surface area contributed by atoms with Gasteiger partial charge in [0.25, 0.3) is 0 Å². The molecule has 0 radical (unpaired) electrons. The molecule has 1 N–H and O–H groups in total. The van der Waals surface area contributed by atoms with Crippen molar-refractivity contribution in [1.82, 2.24) is 15.1 Å². The first-order chi connectivity index (χ1) is 10.6. The monoisotopic (exact) mass is 299 g/mol. The molecule has 114 valence electrons. The third-order valence-electron chi connectivity index (χ3n) is 3.78. The first-order valence-electron chi connectivity index (χ1n) is 7.22. The Morgan fingerprint density at radius 1 is 1.45 bits per heavy atom. The van der Waals surface area contributed by atoms with Gasteiger partial charge in [-0.15, -0.1) is 0 Å². The number of anilines is 1. The molecule has 22 heavy (non-hydrogen) atoms. The molecule has 7 heteroatoms. The number of nitriles is 1. The molecule has 1 atom stereocenters. The lowest BCUT2D eigenvalue weighted by atomic mass is 9.89. The van der Waals surface area contributed by atoms with E-state index in [4.69, 9.17) is 9.78 Å². The Labute approximate surface area is 128 Å². The van der Waals surface area contributed by atoms with Gasteiger partial charge in [-0.2, -0.15) is 10.2 Å². The van der Waals surface area contributed by atoms with E-state index in [1.807, 2.05) is 17.0 Å². The van der Waals surface area contributed by atoms with Gasteiger partial charge in [-0.1, -0.05) is 11.2 Å². The van der Waals surface area contributed by atoms with Gasteiger partial charge in [-0.25, -0.2) is 4.98 Å². The number of aliphatic hydroxyl groups is 1. The zero-order chi connectivity index (χ0) is 15.6. The van der Waals surface area contributed by atoms with Gasteiger partial charge in [0, 0.05) is 13.1 Å². The molecule has 3 heterocycles. The smallest absolute Gasteiger partial charge is 0.229 e. The second-order valence-corrected chi connectivity index (χ2v) is 5.65. The number of rotatable bonds is 3. The summed E-state index contributed by atoms with van der Waals surface area (Å²) >= 11 is 0. The van der Waals surface area contributed by atoms with Crippen LogP contribution in [0.25, 0.3) is 0 Å². The standard InChI is InChI=1S/C15H17N5O2/c1-11-17-14(22-19-11)8-15(21)6-3-7-20(10-15)13-5-2-4-12(9-16)18-13/h2,4-5,21H,3,6-8,10H2,1H3. The number of aromatic nitrogens is 3. The molecule has 1 saturated heterocycles. The van der Waals surface area contributed by atoms with E-state index in [2.05, 4.69) is 15.1 Å². The van der Waals surface area contributed by atoms with Crippen LogP contribution in [0.5, 0.6) is 0 Å². The second-order valence-electron chi connectivity index (χ2n) is 5.65. The molecule has 7 nitrogen and oxygen atoms in total. The summed E-state index contributed by atoms with van der Waals surface area (Å²) in [4.78, 5) is 10.4. The fourth-order valence-corrected chi connectivity index (χ4v) is 2.81. The molecule has 0 amide bonds. The summed E-state index contributed by atoms with van der Waals surface area (Å²) in [6.07, 6.45) is 1.83. The molecule has 1 unspecified atom stereocenters. The maximum Gasteiger partial charge on any atom is 0.229 e. The van der Waals surface area contributed by atoms with Gasteiger partial charge in [0.1, 0.15) is 17.6 Å². The molecule has 0 aliphatic carbocycles. The van der Waals surface area contributed by atoms with Crippen LogP contribution in [0.2, 0.25) is 0 Å². The van der Waals surface area contributed by atoms with Crippen LogP contribution < -0.4 is 4.90 Å². The number of nitrogens with zero attached hydrogens (tertiary/aromatic N) is 5. The third kappa shape index (κ3) is 3.07. The molecule has 0 aromatic carbocycles. The number of hydrogen-bond donors (Lipinski definition) is 1. The summed E-state index contributed by atoms with van der Waals surface area (Å²) < 4.78 is 5.11. The van der Waals surface area contributed by atoms with Crippen LogP contribution >= 0.6 is 0 Å². The van der Waals surface area contributed by atoms with Crippen molar-refractivity contribution >= 4 is 5.82 Å². The van der Waals surface area contributed by atoms with Crippen molar-refractivity contribution in [3.05, 3.63) is 35.6 Å². The number of aryl methyl sites for hydroxylation is 1. The lowest BCUT2D eigenvalue weighted by molar-refractivity contribution is 0.0191. The summed E-state index contributed by atoms with van der Waals surface area (Å²) in [7, 11) is 0. The highest BCUT2D eigenvalue weighted by Gasteiger charge is 2.35. The number of β-amino-alcohol motifs (C(OH)–C–C–N with tert-alkyl or cyclic N) is 1. The topological polar surface area (TPSA) is 99.1 Å². The summed E-state index contributed by atoms with van der Waals surface area (Å²) in [5.41, 5.74) is -0.555. The zero-order valence-corrected chi connectivity index (χ0v) is 12.4. The Morgan fingerprint density at radius 3 is 3.05 bits per heavy atom. The summed E-state index contributed by atoms with van der Waals surface area (Å²) in [5, 5.41) is 23.5. The van der Waals surface area contributed by atoms with Gasteiger partial charge in [0.05, 0.1) is 12.0 Å². The van der Waals surface area contributed by atoms with E-state index in [-0.39, 0.29) is 0 Å². The van der Waals surface area contributed by atoms with Crippen LogP contribution in [0.15, 0.2) is 22.7 Å². The van der Waals surface area contributed by atoms with Gasteiger partial charge in [-0.3, -0.25) is 0 Å². The average Bonchev–Trinajstić information content (AvgIpc) is 2.91. The van der Waals surface area contributed by atoms with Crippen molar-refractivity contribution in [1.29, 1.82) is 5.26 Å². The van der Waals surface area contributed by atoms with Crippen LogP contribution in [-0.2, 0) is 6.42 Å². The zero-order valence-electron chi connectivity index (χ0n) is 12.4. The Kier molecular flexibility index (Phi) is 3.77. The molecule has 0 saturated carbocycles. The van der Waals surface area contributed by atoms with Crippen molar-refractivity contribution in [2.75, 3.05) is 18.0 Å². The normalized spacial score (nSPS) is 21.6. The van der Waals surface area contributed by atoms with Gasteiger partial charge < -0.3 is 14.5 Å². The molecular weight excluding hydrogens is 282 g/mol. The van der Waals surface area contributed by atoms with Gasteiger partial charge in [0.15, 0.2) is 5.82 Å². The second kappa shape index (κ2) is 5.73. The van der Waals surface area contributed by atoms with E-state index in [9.17, 15) is 5.11 Å². The minimum Gasteiger partial charge on any atom is -0.388 e. The van der Waals surface area contributed by atoms with Crippen molar-refractivity contribution in [3.8, 4) is 6.07 Å².